The Hall–Kier alpha value is -2.69. The first-order valence-electron chi connectivity index (χ1n) is 10.4. The van der Waals surface area contributed by atoms with Gasteiger partial charge in [0.2, 0.25) is 11.7 Å². The molecule has 4 bridgehead atoms. The highest BCUT2D eigenvalue weighted by molar-refractivity contribution is 5.96. The number of nitrogens with zero attached hydrogens (tertiary/aromatic N) is 3. The Bertz CT molecular complexity index is 1000. The lowest BCUT2D eigenvalue weighted by Crippen LogP contribution is -2.51. The standard InChI is InChI=1S/C23H24N4O/c28-21(23-11-15-7-16(12-23)9-17(8-15)13-23)25-19-4-1-3-18(10-19)20-14-27-6-2-5-24-22(27)26-20/h1-6,10,14-17H,7-9,11-13H2,(H,25,28). The van der Waals surface area contributed by atoms with Crippen LogP contribution < -0.4 is 5.32 Å². The van der Waals surface area contributed by atoms with Crippen molar-refractivity contribution in [3.8, 4) is 11.3 Å². The molecule has 28 heavy (non-hydrogen) atoms. The Morgan fingerprint density at radius 1 is 1.07 bits per heavy atom. The number of benzene rings is 1. The third-order valence-corrected chi connectivity index (χ3v) is 7.17. The third-order valence-electron chi connectivity index (χ3n) is 7.17. The fraction of sp³-hybridized carbons (Fsp3) is 0.435. The van der Waals surface area contributed by atoms with Crippen LogP contribution in [0.4, 0.5) is 5.69 Å². The SMILES string of the molecule is O=C(Nc1cccc(-c2cn3cccnc3n2)c1)C12CC3CC(CC(C3)C1)C2. The van der Waals surface area contributed by atoms with Crippen LogP contribution in [0, 0.1) is 23.2 Å². The molecule has 0 radical (unpaired) electrons. The summed E-state index contributed by atoms with van der Waals surface area (Å²) in [5.74, 6) is 3.23. The summed E-state index contributed by atoms with van der Waals surface area (Å²) in [6, 6.07) is 9.92. The summed E-state index contributed by atoms with van der Waals surface area (Å²) in [4.78, 5) is 22.2. The van der Waals surface area contributed by atoms with Crippen molar-refractivity contribution in [3.63, 3.8) is 0 Å². The van der Waals surface area contributed by atoms with Crippen molar-refractivity contribution in [3.05, 3.63) is 48.9 Å². The van der Waals surface area contributed by atoms with Crippen LogP contribution in [0.1, 0.15) is 38.5 Å². The van der Waals surface area contributed by atoms with Gasteiger partial charge in [-0.25, -0.2) is 9.97 Å². The fourth-order valence-electron chi connectivity index (χ4n) is 6.38. The Morgan fingerprint density at radius 2 is 1.82 bits per heavy atom. The number of rotatable bonds is 3. The van der Waals surface area contributed by atoms with E-state index in [-0.39, 0.29) is 11.3 Å². The smallest absolute Gasteiger partial charge is 0.234 e. The second-order valence-electron chi connectivity index (χ2n) is 9.19. The first kappa shape index (κ1) is 16.3. The Labute approximate surface area is 164 Å². The van der Waals surface area contributed by atoms with E-state index in [4.69, 9.17) is 0 Å². The lowest BCUT2D eigenvalue weighted by atomic mass is 9.49. The van der Waals surface area contributed by atoms with Crippen LogP contribution in [0.5, 0.6) is 0 Å². The van der Waals surface area contributed by atoms with Crippen molar-refractivity contribution in [2.45, 2.75) is 38.5 Å². The van der Waals surface area contributed by atoms with Gasteiger partial charge < -0.3 is 5.32 Å². The van der Waals surface area contributed by atoms with E-state index in [0.717, 1.165) is 54.0 Å². The summed E-state index contributed by atoms with van der Waals surface area (Å²) in [7, 11) is 0. The van der Waals surface area contributed by atoms with Gasteiger partial charge in [-0.05, 0) is 74.5 Å². The second kappa shape index (κ2) is 5.90. The van der Waals surface area contributed by atoms with E-state index >= 15 is 0 Å². The van der Waals surface area contributed by atoms with E-state index < -0.39 is 0 Å². The van der Waals surface area contributed by atoms with E-state index in [1.807, 2.05) is 47.1 Å². The van der Waals surface area contributed by atoms with Gasteiger partial charge in [0.25, 0.3) is 0 Å². The first-order valence-corrected chi connectivity index (χ1v) is 10.4. The van der Waals surface area contributed by atoms with E-state index in [0.29, 0.717) is 5.78 Å². The van der Waals surface area contributed by atoms with Crippen molar-refractivity contribution in [1.82, 2.24) is 14.4 Å². The maximum Gasteiger partial charge on any atom is 0.234 e. The topological polar surface area (TPSA) is 59.3 Å². The summed E-state index contributed by atoms with van der Waals surface area (Å²) >= 11 is 0. The molecule has 4 aliphatic carbocycles. The Balaban J connectivity index is 1.27. The fourth-order valence-corrected chi connectivity index (χ4v) is 6.38. The first-order chi connectivity index (χ1) is 13.7. The van der Waals surface area contributed by atoms with E-state index in [1.165, 1.54) is 19.3 Å². The molecule has 142 valence electrons. The van der Waals surface area contributed by atoms with E-state index in [1.54, 1.807) is 6.20 Å². The van der Waals surface area contributed by atoms with Crippen LogP contribution in [0.3, 0.4) is 0 Å². The maximum atomic E-state index is 13.3. The molecular formula is C23H24N4O. The summed E-state index contributed by atoms with van der Waals surface area (Å²) in [6.45, 7) is 0. The maximum absolute atomic E-state index is 13.3. The molecule has 0 spiro atoms. The Kier molecular flexibility index (Phi) is 3.43. The largest absolute Gasteiger partial charge is 0.326 e. The van der Waals surface area contributed by atoms with Gasteiger partial charge in [0, 0.05) is 29.8 Å². The zero-order valence-electron chi connectivity index (χ0n) is 15.8. The van der Waals surface area contributed by atoms with Gasteiger partial charge in [-0.3, -0.25) is 9.20 Å². The number of fused-ring (bicyclic) bond motifs is 1. The van der Waals surface area contributed by atoms with Crippen LogP contribution in [-0.2, 0) is 4.79 Å². The normalized spacial score (nSPS) is 30.6. The quantitative estimate of drug-likeness (QED) is 0.734. The van der Waals surface area contributed by atoms with E-state index in [2.05, 4.69) is 15.3 Å². The predicted octanol–water partition coefficient (Wildman–Crippen LogP) is 4.55. The molecule has 0 saturated heterocycles. The molecule has 4 saturated carbocycles. The molecule has 1 N–H and O–H groups in total. The van der Waals surface area contributed by atoms with Crippen LogP contribution in [0.25, 0.3) is 17.0 Å². The number of carbonyl (C=O) groups is 1. The number of amides is 1. The van der Waals surface area contributed by atoms with Gasteiger partial charge in [-0.15, -0.1) is 0 Å². The predicted molar refractivity (Wildman–Crippen MR) is 108 cm³/mol. The summed E-state index contributed by atoms with van der Waals surface area (Å²) in [5.41, 5.74) is 2.60. The summed E-state index contributed by atoms with van der Waals surface area (Å²) in [5, 5.41) is 3.25. The molecule has 1 aromatic carbocycles. The number of imidazole rings is 1. The molecule has 2 heterocycles. The lowest BCUT2D eigenvalue weighted by Gasteiger charge is -2.55. The number of anilines is 1. The lowest BCUT2D eigenvalue weighted by molar-refractivity contribution is -0.140. The van der Waals surface area contributed by atoms with Gasteiger partial charge in [0.05, 0.1) is 11.1 Å². The average Bonchev–Trinajstić information content (AvgIpc) is 3.11. The average molecular weight is 372 g/mol. The molecule has 4 fully saturated rings. The number of aromatic nitrogens is 3. The number of hydrogen-bond donors (Lipinski definition) is 1. The highest BCUT2D eigenvalue weighted by Crippen LogP contribution is 2.60. The third kappa shape index (κ3) is 2.56. The molecule has 3 aromatic rings. The van der Waals surface area contributed by atoms with Gasteiger partial charge >= 0.3 is 0 Å². The van der Waals surface area contributed by atoms with E-state index in [9.17, 15) is 4.79 Å². The minimum Gasteiger partial charge on any atom is -0.326 e. The molecule has 0 atom stereocenters. The number of carbonyl (C=O) groups excluding carboxylic acids is 1. The highest BCUT2D eigenvalue weighted by atomic mass is 16.2. The monoisotopic (exact) mass is 372 g/mol. The summed E-state index contributed by atoms with van der Waals surface area (Å²) in [6.07, 6.45) is 13.0. The van der Waals surface area contributed by atoms with Crippen LogP contribution in [0.2, 0.25) is 0 Å². The zero-order chi connectivity index (χ0) is 18.7. The zero-order valence-corrected chi connectivity index (χ0v) is 15.8. The van der Waals surface area contributed by atoms with Crippen LogP contribution in [0.15, 0.2) is 48.9 Å². The molecule has 5 nitrogen and oxygen atoms in total. The molecule has 7 rings (SSSR count). The molecule has 2 aromatic heterocycles. The van der Waals surface area contributed by atoms with Crippen molar-refractivity contribution in [2.24, 2.45) is 23.2 Å². The molecular weight excluding hydrogens is 348 g/mol. The van der Waals surface area contributed by atoms with Crippen LogP contribution >= 0.6 is 0 Å². The molecule has 5 heteroatoms. The molecule has 4 aliphatic rings. The van der Waals surface area contributed by atoms with Crippen LogP contribution in [-0.4, -0.2) is 20.3 Å². The number of nitrogens with one attached hydrogen (secondary N) is 1. The van der Waals surface area contributed by atoms with Crippen molar-refractivity contribution in [2.75, 3.05) is 5.32 Å². The van der Waals surface area contributed by atoms with Gasteiger partial charge in [-0.1, -0.05) is 12.1 Å². The molecule has 0 aliphatic heterocycles. The van der Waals surface area contributed by atoms with Gasteiger partial charge in [0.15, 0.2) is 0 Å². The molecule has 1 amide bonds. The van der Waals surface area contributed by atoms with Crippen molar-refractivity contribution < 1.29 is 4.79 Å². The minimum atomic E-state index is -0.127. The van der Waals surface area contributed by atoms with Gasteiger partial charge in [0.1, 0.15) is 0 Å². The highest BCUT2D eigenvalue weighted by Gasteiger charge is 2.54. The Morgan fingerprint density at radius 3 is 2.54 bits per heavy atom. The van der Waals surface area contributed by atoms with Crippen molar-refractivity contribution in [1.29, 1.82) is 0 Å². The second-order valence-corrected chi connectivity index (χ2v) is 9.19. The molecule has 0 unspecified atom stereocenters. The number of hydrogen-bond acceptors (Lipinski definition) is 3. The van der Waals surface area contributed by atoms with Crippen molar-refractivity contribution >= 4 is 17.4 Å². The van der Waals surface area contributed by atoms with Gasteiger partial charge in [-0.2, -0.15) is 0 Å². The summed E-state index contributed by atoms with van der Waals surface area (Å²) < 4.78 is 1.91. The minimum absolute atomic E-state index is 0.127.